The van der Waals surface area contributed by atoms with Crippen LogP contribution >= 0.6 is 23.4 Å². The number of aromatic nitrogens is 2. The van der Waals surface area contributed by atoms with E-state index in [1.807, 2.05) is 24.3 Å². The zero-order valence-electron chi connectivity index (χ0n) is 11.1. The molecule has 0 saturated carbocycles. The summed E-state index contributed by atoms with van der Waals surface area (Å²) in [5.41, 5.74) is 1.09. The number of thioether (sulfide) groups is 1. The van der Waals surface area contributed by atoms with E-state index < -0.39 is 0 Å². The lowest BCUT2D eigenvalue weighted by Gasteiger charge is -2.16. The number of halogens is 1. The molecule has 0 unspecified atom stereocenters. The van der Waals surface area contributed by atoms with Crippen LogP contribution in [0, 0.1) is 0 Å². The second kappa shape index (κ2) is 6.61. The Hall–Kier alpha value is -1.04. The average Bonchev–Trinajstić information content (AvgIpc) is 2.96. The second-order valence-corrected chi connectivity index (χ2v) is 6.26. The lowest BCUT2D eigenvalue weighted by atomic mass is 9.98. The maximum Gasteiger partial charge on any atom is 0.276 e. The van der Waals surface area contributed by atoms with Crippen molar-refractivity contribution < 1.29 is 9.73 Å². The fourth-order valence-electron chi connectivity index (χ4n) is 2.37. The van der Waals surface area contributed by atoms with Gasteiger partial charge in [-0.25, -0.2) is 0 Å². The first-order valence-corrected chi connectivity index (χ1v) is 8.20. The van der Waals surface area contributed by atoms with E-state index in [0.717, 1.165) is 48.2 Å². The van der Waals surface area contributed by atoms with Gasteiger partial charge in [0.15, 0.2) is 0 Å². The molecule has 1 aromatic carbocycles. The SMILES string of the molecule is Clc1ccccc1CSc1nnc(C2CC[NH2+]CC2)o1. The number of quaternary nitrogens is 1. The summed E-state index contributed by atoms with van der Waals surface area (Å²) in [7, 11) is 0. The van der Waals surface area contributed by atoms with E-state index in [1.165, 1.54) is 11.8 Å². The molecular formula is C14H17ClN3OS+. The van der Waals surface area contributed by atoms with Crippen LogP contribution in [0.25, 0.3) is 0 Å². The van der Waals surface area contributed by atoms with Gasteiger partial charge in [0, 0.05) is 29.5 Å². The predicted molar refractivity (Wildman–Crippen MR) is 78.9 cm³/mol. The molecular weight excluding hydrogens is 294 g/mol. The Bertz CT molecular complexity index is 569. The Morgan fingerprint density at radius 2 is 2.05 bits per heavy atom. The molecule has 0 radical (unpaired) electrons. The smallest absolute Gasteiger partial charge is 0.276 e. The van der Waals surface area contributed by atoms with Crippen LogP contribution in [-0.4, -0.2) is 23.3 Å². The van der Waals surface area contributed by atoms with E-state index in [-0.39, 0.29) is 0 Å². The van der Waals surface area contributed by atoms with Gasteiger partial charge in [0.1, 0.15) is 0 Å². The highest BCUT2D eigenvalue weighted by Crippen LogP contribution is 2.29. The van der Waals surface area contributed by atoms with Crippen LogP contribution < -0.4 is 5.32 Å². The lowest BCUT2D eigenvalue weighted by molar-refractivity contribution is -0.663. The molecule has 20 heavy (non-hydrogen) atoms. The van der Waals surface area contributed by atoms with Gasteiger partial charge in [0.2, 0.25) is 5.89 Å². The predicted octanol–water partition coefficient (Wildman–Crippen LogP) is 2.46. The normalized spacial score (nSPS) is 16.4. The van der Waals surface area contributed by atoms with Crippen molar-refractivity contribution in [3.05, 3.63) is 40.7 Å². The Morgan fingerprint density at radius 1 is 1.25 bits per heavy atom. The topological polar surface area (TPSA) is 55.5 Å². The van der Waals surface area contributed by atoms with E-state index in [0.29, 0.717) is 11.1 Å². The van der Waals surface area contributed by atoms with Crippen molar-refractivity contribution in [3.8, 4) is 0 Å². The summed E-state index contributed by atoms with van der Waals surface area (Å²) in [6, 6.07) is 7.83. The number of hydrogen-bond acceptors (Lipinski definition) is 4. The number of nitrogens with zero attached hydrogens (tertiary/aromatic N) is 2. The molecule has 3 rings (SSSR count). The largest absolute Gasteiger partial charge is 0.416 e. The third-order valence-corrected chi connectivity index (χ3v) is 4.75. The minimum atomic E-state index is 0.433. The Kier molecular flexibility index (Phi) is 4.60. The van der Waals surface area contributed by atoms with Crippen LogP contribution in [0.15, 0.2) is 33.9 Å². The molecule has 1 saturated heterocycles. The van der Waals surface area contributed by atoms with E-state index in [9.17, 15) is 0 Å². The number of piperidine rings is 1. The van der Waals surface area contributed by atoms with Crippen molar-refractivity contribution in [1.82, 2.24) is 10.2 Å². The number of benzene rings is 1. The first kappa shape index (κ1) is 13.9. The van der Waals surface area contributed by atoms with Gasteiger partial charge >= 0.3 is 0 Å². The molecule has 2 heterocycles. The average molecular weight is 311 g/mol. The monoisotopic (exact) mass is 310 g/mol. The van der Waals surface area contributed by atoms with Gasteiger partial charge in [-0.05, 0) is 11.6 Å². The summed E-state index contributed by atoms with van der Waals surface area (Å²) in [5, 5.41) is 12.1. The highest BCUT2D eigenvalue weighted by Gasteiger charge is 2.23. The zero-order chi connectivity index (χ0) is 13.8. The second-order valence-electron chi connectivity index (χ2n) is 4.93. The Balaban J connectivity index is 1.61. The molecule has 0 amide bonds. The molecule has 1 aromatic heterocycles. The summed E-state index contributed by atoms with van der Waals surface area (Å²) in [6.45, 7) is 2.30. The van der Waals surface area contributed by atoms with Crippen LogP contribution in [0.4, 0.5) is 0 Å². The fourth-order valence-corrected chi connectivity index (χ4v) is 3.43. The Morgan fingerprint density at radius 3 is 2.85 bits per heavy atom. The Labute approximate surface area is 127 Å². The van der Waals surface area contributed by atoms with Crippen molar-refractivity contribution in [2.24, 2.45) is 0 Å². The minimum Gasteiger partial charge on any atom is -0.416 e. The van der Waals surface area contributed by atoms with Crippen molar-refractivity contribution in [1.29, 1.82) is 0 Å². The molecule has 2 N–H and O–H groups in total. The van der Waals surface area contributed by atoms with Gasteiger partial charge in [-0.15, -0.1) is 10.2 Å². The third-order valence-electron chi connectivity index (χ3n) is 3.52. The van der Waals surface area contributed by atoms with Gasteiger partial charge in [-0.1, -0.05) is 41.6 Å². The fraction of sp³-hybridized carbons (Fsp3) is 0.429. The summed E-state index contributed by atoms with van der Waals surface area (Å²) in [5.74, 6) is 1.97. The first-order valence-electron chi connectivity index (χ1n) is 6.84. The molecule has 2 aromatic rings. The van der Waals surface area contributed by atoms with Gasteiger partial charge in [0.25, 0.3) is 5.22 Å². The van der Waals surface area contributed by atoms with Crippen LogP contribution in [0.5, 0.6) is 0 Å². The number of hydrogen-bond donors (Lipinski definition) is 1. The summed E-state index contributed by atoms with van der Waals surface area (Å²) in [6.07, 6.45) is 2.24. The zero-order valence-corrected chi connectivity index (χ0v) is 12.7. The number of rotatable bonds is 4. The van der Waals surface area contributed by atoms with Crippen LogP contribution in [0.2, 0.25) is 5.02 Å². The van der Waals surface area contributed by atoms with E-state index in [2.05, 4.69) is 15.5 Å². The molecule has 0 bridgehead atoms. The minimum absolute atomic E-state index is 0.433. The van der Waals surface area contributed by atoms with E-state index in [4.69, 9.17) is 16.0 Å². The van der Waals surface area contributed by atoms with Crippen molar-refractivity contribution >= 4 is 23.4 Å². The molecule has 6 heteroatoms. The molecule has 0 aliphatic carbocycles. The summed E-state index contributed by atoms with van der Waals surface area (Å²) >= 11 is 7.67. The van der Waals surface area contributed by atoms with E-state index in [1.54, 1.807) is 0 Å². The molecule has 1 fully saturated rings. The number of nitrogens with two attached hydrogens (primary N) is 1. The highest BCUT2D eigenvalue weighted by atomic mass is 35.5. The van der Waals surface area contributed by atoms with Gasteiger partial charge in [-0.2, -0.15) is 0 Å². The van der Waals surface area contributed by atoms with Gasteiger partial charge in [-0.3, -0.25) is 0 Å². The quantitative estimate of drug-likeness (QED) is 0.881. The van der Waals surface area contributed by atoms with Crippen LogP contribution in [-0.2, 0) is 5.75 Å². The van der Waals surface area contributed by atoms with Crippen LogP contribution in [0.3, 0.4) is 0 Å². The van der Waals surface area contributed by atoms with Gasteiger partial charge in [0.05, 0.1) is 13.1 Å². The maximum absolute atomic E-state index is 6.13. The van der Waals surface area contributed by atoms with Crippen LogP contribution in [0.1, 0.15) is 30.2 Å². The molecule has 4 nitrogen and oxygen atoms in total. The molecule has 106 valence electrons. The standard InChI is InChI=1S/C14H16ClN3OS/c15-12-4-2-1-3-11(12)9-20-14-18-17-13(19-14)10-5-7-16-8-6-10/h1-4,10,16H,5-9H2/p+1. The summed E-state index contributed by atoms with van der Waals surface area (Å²) in [4.78, 5) is 0. The maximum atomic E-state index is 6.13. The lowest BCUT2D eigenvalue weighted by Crippen LogP contribution is -2.86. The first-order chi connectivity index (χ1) is 9.83. The third kappa shape index (κ3) is 3.34. The molecule has 1 aliphatic rings. The molecule has 1 aliphatic heterocycles. The van der Waals surface area contributed by atoms with Crippen molar-refractivity contribution in [2.75, 3.05) is 13.1 Å². The molecule has 0 spiro atoms. The summed E-state index contributed by atoms with van der Waals surface area (Å²) < 4.78 is 5.77. The van der Waals surface area contributed by atoms with E-state index >= 15 is 0 Å². The highest BCUT2D eigenvalue weighted by molar-refractivity contribution is 7.98. The molecule has 0 atom stereocenters. The van der Waals surface area contributed by atoms with Crippen molar-refractivity contribution in [3.63, 3.8) is 0 Å². The van der Waals surface area contributed by atoms with Gasteiger partial charge < -0.3 is 9.73 Å². The van der Waals surface area contributed by atoms with Crippen molar-refractivity contribution in [2.45, 2.75) is 29.7 Å².